The summed E-state index contributed by atoms with van der Waals surface area (Å²) >= 11 is 0. The van der Waals surface area contributed by atoms with Gasteiger partial charge in [-0.05, 0) is 61.9 Å². The number of rotatable bonds is 5. The van der Waals surface area contributed by atoms with Gasteiger partial charge >= 0.3 is 0 Å². The fourth-order valence-electron chi connectivity index (χ4n) is 4.52. The largest absolute Gasteiger partial charge is 0.352 e. The Bertz CT molecular complexity index is 906. The molecule has 4 rings (SSSR count). The molecule has 1 saturated carbocycles. The van der Waals surface area contributed by atoms with E-state index in [0.717, 1.165) is 38.0 Å². The van der Waals surface area contributed by atoms with Crippen LogP contribution in [0.4, 0.5) is 0 Å². The van der Waals surface area contributed by atoms with E-state index in [0.29, 0.717) is 12.6 Å². The van der Waals surface area contributed by atoms with Gasteiger partial charge in [0.25, 0.3) is 0 Å². The molecule has 0 spiro atoms. The Morgan fingerprint density at radius 2 is 1.93 bits per heavy atom. The summed E-state index contributed by atoms with van der Waals surface area (Å²) in [5.41, 5.74) is 6.17. The SMILES string of the molecule is Cc1ccc(-n2cc(C3=CCN(CC(=O)NC4CCCCCC4)CC3)cn2)cc1C. The second-order valence-electron chi connectivity index (χ2n) is 8.91. The molecule has 30 heavy (non-hydrogen) atoms. The zero-order chi connectivity index (χ0) is 20.9. The first-order valence-corrected chi connectivity index (χ1v) is 11.4. The first-order valence-electron chi connectivity index (χ1n) is 11.4. The number of aryl methyl sites for hydroxylation is 2. The molecule has 2 aliphatic rings. The Hall–Kier alpha value is -2.40. The maximum absolute atomic E-state index is 12.5. The van der Waals surface area contributed by atoms with Gasteiger partial charge in [0.1, 0.15) is 0 Å². The van der Waals surface area contributed by atoms with Crippen LogP contribution < -0.4 is 5.32 Å². The summed E-state index contributed by atoms with van der Waals surface area (Å²) in [6.07, 6.45) is 14.7. The lowest BCUT2D eigenvalue weighted by molar-refractivity contribution is -0.122. The second-order valence-corrected chi connectivity index (χ2v) is 8.91. The Balaban J connectivity index is 1.32. The zero-order valence-corrected chi connectivity index (χ0v) is 18.4. The third-order valence-electron chi connectivity index (χ3n) is 6.59. The van der Waals surface area contributed by atoms with Gasteiger partial charge in [-0.15, -0.1) is 0 Å². The lowest BCUT2D eigenvalue weighted by atomic mass is 10.0. The van der Waals surface area contributed by atoms with Crippen LogP contribution in [0, 0.1) is 13.8 Å². The molecule has 1 fully saturated rings. The van der Waals surface area contributed by atoms with Gasteiger partial charge in [0.15, 0.2) is 0 Å². The Kier molecular flexibility index (Phi) is 6.68. The number of carbonyl (C=O) groups is 1. The van der Waals surface area contributed by atoms with Crippen LogP contribution in [-0.4, -0.2) is 46.3 Å². The zero-order valence-electron chi connectivity index (χ0n) is 18.4. The molecule has 0 unspecified atom stereocenters. The molecule has 1 aromatic heterocycles. The number of aromatic nitrogens is 2. The fraction of sp³-hybridized carbons (Fsp3) is 0.520. The molecule has 1 N–H and O–H groups in total. The minimum atomic E-state index is 0.182. The van der Waals surface area contributed by atoms with Gasteiger partial charge in [0.2, 0.25) is 5.91 Å². The van der Waals surface area contributed by atoms with Crippen LogP contribution in [0.5, 0.6) is 0 Å². The molecule has 1 aliphatic carbocycles. The first kappa shape index (κ1) is 20.9. The topological polar surface area (TPSA) is 50.2 Å². The number of carbonyl (C=O) groups excluding carboxylic acids is 1. The number of nitrogens with one attached hydrogen (secondary N) is 1. The van der Waals surface area contributed by atoms with E-state index in [2.05, 4.69) is 59.6 Å². The maximum Gasteiger partial charge on any atom is 0.234 e. The van der Waals surface area contributed by atoms with Crippen LogP contribution in [0.25, 0.3) is 11.3 Å². The van der Waals surface area contributed by atoms with Crippen molar-refractivity contribution < 1.29 is 4.79 Å². The average Bonchev–Trinajstić information content (AvgIpc) is 3.09. The Labute approximate surface area is 180 Å². The van der Waals surface area contributed by atoms with Crippen molar-refractivity contribution in [3.05, 3.63) is 53.4 Å². The van der Waals surface area contributed by atoms with Crippen LogP contribution in [-0.2, 0) is 4.79 Å². The van der Waals surface area contributed by atoms with E-state index in [4.69, 9.17) is 0 Å². The first-order chi connectivity index (χ1) is 14.6. The van der Waals surface area contributed by atoms with E-state index in [1.807, 2.05) is 10.9 Å². The molecule has 0 bridgehead atoms. The standard InChI is InChI=1S/C25H34N4O/c1-19-9-10-24(15-20(19)2)29-17-22(16-26-29)21-11-13-28(14-12-21)18-25(30)27-23-7-5-3-4-6-8-23/h9-11,15-17,23H,3-8,12-14,18H2,1-2H3,(H,27,30). The fourth-order valence-corrected chi connectivity index (χ4v) is 4.52. The van der Waals surface area contributed by atoms with Crippen molar-refractivity contribution >= 4 is 11.5 Å². The molecule has 0 radical (unpaired) electrons. The van der Waals surface area contributed by atoms with Gasteiger partial charge in [-0.3, -0.25) is 9.69 Å². The average molecular weight is 407 g/mol. The summed E-state index contributed by atoms with van der Waals surface area (Å²) < 4.78 is 1.95. The highest BCUT2D eigenvalue weighted by Gasteiger charge is 2.19. The summed E-state index contributed by atoms with van der Waals surface area (Å²) in [4.78, 5) is 14.7. The van der Waals surface area contributed by atoms with E-state index in [1.54, 1.807) is 0 Å². The third-order valence-corrected chi connectivity index (χ3v) is 6.59. The van der Waals surface area contributed by atoms with Crippen molar-refractivity contribution in [1.29, 1.82) is 0 Å². The predicted octanol–water partition coefficient (Wildman–Crippen LogP) is 4.42. The summed E-state index contributed by atoms with van der Waals surface area (Å²) in [7, 11) is 0. The summed E-state index contributed by atoms with van der Waals surface area (Å²) in [6.45, 7) is 6.50. The maximum atomic E-state index is 12.5. The number of nitrogens with zero attached hydrogens (tertiary/aromatic N) is 3. The molecule has 1 aromatic carbocycles. The lowest BCUT2D eigenvalue weighted by Gasteiger charge is -2.26. The van der Waals surface area contributed by atoms with Crippen molar-refractivity contribution in [2.75, 3.05) is 19.6 Å². The normalized spacial score (nSPS) is 18.7. The minimum Gasteiger partial charge on any atom is -0.352 e. The van der Waals surface area contributed by atoms with Crippen LogP contribution in [0.2, 0.25) is 0 Å². The van der Waals surface area contributed by atoms with Crippen LogP contribution in [0.1, 0.15) is 61.6 Å². The van der Waals surface area contributed by atoms with Gasteiger partial charge in [-0.25, -0.2) is 4.68 Å². The van der Waals surface area contributed by atoms with Crippen molar-refractivity contribution in [3.8, 4) is 5.69 Å². The number of hydrogen-bond donors (Lipinski definition) is 1. The molecule has 160 valence electrons. The molecule has 0 atom stereocenters. The monoisotopic (exact) mass is 406 g/mol. The predicted molar refractivity (Wildman–Crippen MR) is 122 cm³/mol. The number of amides is 1. The van der Waals surface area contributed by atoms with E-state index in [1.165, 1.54) is 47.9 Å². The Morgan fingerprint density at radius 3 is 2.63 bits per heavy atom. The van der Waals surface area contributed by atoms with Gasteiger partial charge in [-0.2, -0.15) is 5.10 Å². The molecular weight excluding hydrogens is 372 g/mol. The van der Waals surface area contributed by atoms with E-state index >= 15 is 0 Å². The molecule has 5 heteroatoms. The van der Waals surface area contributed by atoms with Crippen molar-refractivity contribution in [3.63, 3.8) is 0 Å². The molecule has 2 heterocycles. The van der Waals surface area contributed by atoms with Gasteiger partial charge < -0.3 is 5.32 Å². The highest BCUT2D eigenvalue weighted by Crippen LogP contribution is 2.23. The Morgan fingerprint density at radius 1 is 1.13 bits per heavy atom. The minimum absolute atomic E-state index is 0.182. The van der Waals surface area contributed by atoms with E-state index in [-0.39, 0.29) is 5.91 Å². The molecule has 2 aromatic rings. The number of hydrogen-bond acceptors (Lipinski definition) is 3. The van der Waals surface area contributed by atoms with E-state index < -0.39 is 0 Å². The summed E-state index contributed by atoms with van der Waals surface area (Å²) in [6, 6.07) is 6.82. The molecular formula is C25H34N4O. The highest BCUT2D eigenvalue weighted by atomic mass is 16.2. The molecule has 5 nitrogen and oxygen atoms in total. The highest BCUT2D eigenvalue weighted by molar-refractivity contribution is 5.78. The van der Waals surface area contributed by atoms with Gasteiger partial charge in [0, 0.05) is 30.9 Å². The number of benzene rings is 1. The van der Waals surface area contributed by atoms with Crippen LogP contribution in [0.15, 0.2) is 36.7 Å². The lowest BCUT2D eigenvalue weighted by Crippen LogP contribution is -2.43. The van der Waals surface area contributed by atoms with E-state index in [9.17, 15) is 4.79 Å². The van der Waals surface area contributed by atoms with Gasteiger partial charge in [-0.1, -0.05) is 37.8 Å². The van der Waals surface area contributed by atoms with Crippen molar-refractivity contribution in [1.82, 2.24) is 20.0 Å². The summed E-state index contributed by atoms with van der Waals surface area (Å²) in [5.74, 6) is 0.182. The quantitative estimate of drug-likeness (QED) is 0.748. The van der Waals surface area contributed by atoms with Gasteiger partial charge in [0.05, 0.1) is 18.4 Å². The smallest absolute Gasteiger partial charge is 0.234 e. The molecule has 1 amide bonds. The second kappa shape index (κ2) is 9.61. The molecule has 1 aliphatic heterocycles. The summed E-state index contributed by atoms with van der Waals surface area (Å²) in [5, 5.41) is 7.83. The van der Waals surface area contributed by atoms with Crippen LogP contribution in [0.3, 0.4) is 0 Å². The van der Waals surface area contributed by atoms with Crippen molar-refractivity contribution in [2.24, 2.45) is 0 Å². The van der Waals surface area contributed by atoms with Crippen LogP contribution >= 0.6 is 0 Å². The third kappa shape index (κ3) is 5.20. The molecule has 0 saturated heterocycles. The van der Waals surface area contributed by atoms with Crippen molar-refractivity contribution in [2.45, 2.75) is 64.8 Å².